The molecule has 1 saturated heterocycles. The van der Waals surface area contributed by atoms with Crippen LogP contribution in [-0.4, -0.2) is 57.8 Å². The predicted octanol–water partition coefficient (Wildman–Crippen LogP) is 0.268. The van der Waals surface area contributed by atoms with Gasteiger partial charge in [-0.15, -0.1) is 0 Å². The van der Waals surface area contributed by atoms with Crippen LogP contribution in [0.3, 0.4) is 0 Å². The average molecular weight is 329 g/mol. The van der Waals surface area contributed by atoms with Gasteiger partial charge in [-0.2, -0.15) is 5.10 Å². The Labute approximate surface area is 139 Å². The highest BCUT2D eigenvalue weighted by molar-refractivity contribution is 5.97. The number of carbonyl (C=O) groups excluding carboxylic acids is 2. The number of pyridine rings is 1. The van der Waals surface area contributed by atoms with Crippen molar-refractivity contribution in [1.82, 2.24) is 19.7 Å². The molecule has 0 bridgehead atoms. The summed E-state index contributed by atoms with van der Waals surface area (Å²) in [7, 11) is 1.79. The van der Waals surface area contributed by atoms with Gasteiger partial charge in [0.2, 0.25) is 0 Å². The van der Waals surface area contributed by atoms with Crippen LogP contribution >= 0.6 is 0 Å². The molecule has 3 heterocycles. The Bertz CT molecular complexity index is 750. The highest BCUT2D eigenvalue weighted by Crippen LogP contribution is 2.19. The number of nitrogens with zero attached hydrogens (tertiary/aromatic N) is 5. The second kappa shape index (κ2) is 6.57. The number of hydrogen-bond donors (Lipinski definition) is 2. The van der Waals surface area contributed by atoms with Crippen molar-refractivity contribution in [2.45, 2.75) is 0 Å². The topological polar surface area (TPSA) is 109 Å². The van der Waals surface area contributed by atoms with Crippen LogP contribution in [0.1, 0.15) is 10.4 Å². The zero-order chi connectivity index (χ0) is 17.1. The molecule has 9 heteroatoms. The Kier molecular flexibility index (Phi) is 4.32. The van der Waals surface area contributed by atoms with Gasteiger partial charge >= 0.3 is 6.03 Å². The summed E-state index contributed by atoms with van der Waals surface area (Å²) < 4.78 is 1.62. The summed E-state index contributed by atoms with van der Waals surface area (Å²) in [4.78, 5) is 31.7. The number of aryl methyl sites for hydroxylation is 1. The summed E-state index contributed by atoms with van der Waals surface area (Å²) in [6.45, 7) is 2.22. The number of rotatable bonds is 3. The van der Waals surface area contributed by atoms with E-state index in [9.17, 15) is 9.59 Å². The van der Waals surface area contributed by atoms with Gasteiger partial charge in [-0.25, -0.2) is 9.78 Å². The zero-order valence-corrected chi connectivity index (χ0v) is 13.3. The molecule has 24 heavy (non-hydrogen) atoms. The molecule has 0 aromatic carbocycles. The zero-order valence-electron chi connectivity index (χ0n) is 13.3. The molecule has 9 nitrogen and oxygen atoms in total. The molecule has 1 aliphatic heterocycles. The molecule has 0 saturated carbocycles. The quantitative estimate of drug-likeness (QED) is 0.840. The first-order valence-corrected chi connectivity index (χ1v) is 7.59. The minimum atomic E-state index is -0.505. The summed E-state index contributed by atoms with van der Waals surface area (Å²) >= 11 is 0. The minimum absolute atomic E-state index is 0.168. The van der Waals surface area contributed by atoms with Gasteiger partial charge in [0.15, 0.2) is 0 Å². The number of aromatic nitrogens is 3. The van der Waals surface area contributed by atoms with Gasteiger partial charge in [-0.05, 0) is 12.1 Å². The van der Waals surface area contributed by atoms with Crippen LogP contribution < -0.4 is 16.0 Å². The summed E-state index contributed by atoms with van der Waals surface area (Å²) in [5.74, 6) is 0.0622. The Balaban J connectivity index is 1.62. The fourth-order valence-corrected chi connectivity index (χ4v) is 2.65. The molecule has 2 aromatic heterocycles. The molecule has 0 aliphatic carbocycles. The van der Waals surface area contributed by atoms with E-state index >= 15 is 0 Å². The van der Waals surface area contributed by atoms with E-state index < -0.39 is 5.91 Å². The number of nitrogens with one attached hydrogen (secondary N) is 1. The number of carbonyl (C=O) groups is 2. The van der Waals surface area contributed by atoms with Crippen LogP contribution in [-0.2, 0) is 7.05 Å². The Morgan fingerprint density at radius 1 is 1.25 bits per heavy atom. The molecule has 0 radical (unpaired) electrons. The fourth-order valence-electron chi connectivity index (χ4n) is 2.65. The van der Waals surface area contributed by atoms with E-state index in [4.69, 9.17) is 5.73 Å². The molecule has 3 amide bonds. The molecule has 0 spiro atoms. The number of amides is 3. The maximum atomic E-state index is 12.3. The highest BCUT2D eigenvalue weighted by atomic mass is 16.2. The minimum Gasteiger partial charge on any atom is -0.365 e. The van der Waals surface area contributed by atoms with Crippen molar-refractivity contribution in [2.24, 2.45) is 12.8 Å². The van der Waals surface area contributed by atoms with Crippen LogP contribution in [0.15, 0.2) is 30.7 Å². The molecule has 3 rings (SSSR count). The molecule has 126 valence electrons. The smallest absolute Gasteiger partial charge is 0.322 e. The number of nitrogens with two attached hydrogens (primary N) is 1. The second-order valence-electron chi connectivity index (χ2n) is 5.55. The van der Waals surface area contributed by atoms with E-state index in [1.165, 1.54) is 0 Å². The molecular formula is C15H19N7O2. The van der Waals surface area contributed by atoms with Crippen molar-refractivity contribution in [3.05, 3.63) is 36.3 Å². The first-order chi connectivity index (χ1) is 11.5. The molecule has 0 atom stereocenters. The lowest BCUT2D eigenvalue weighted by Crippen LogP contribution is -2.50. The monoisotopic (exact) mass is 329 g/mol. The van der Waals surface area contributed by atoms with Crippen molar-refractivity contribution < 1.29 is 9.59 Å². The van der Waals surface area contributed by atoms with Crippen LogP contribution in [0.25, 0.3) is 0 Å². The van der Waals surface area contributed by atoms with Crippen LogP contribution in [0.2, 0.25) is 0 Å². The van der Waals surface area contributed by atoms with Gasteiger partial charge in [0, 0.05) is 45.6 Å². The Morgan fingerprint density at radius 2 is 2.00 bits per heavy atom. The Morgan fingerprint density at radius 3 is 2.62 bits per heavy atom. The SMILES string of the molecule is Cn1cc(NC(=O)N2CCN(c3ncccc3C(N)=O)CC2)cn1. The summed E-state index contributed by atoms with van der Waals surface area (Å²) in [6, 6.07) is 3.17. The van der Waals surface area contributed by atoms with Gasteiger partial charge in [-0.1, -0.05) is 0 Å². The lowest BCUT2D eigenvalue weighted by atomic mass is 10.2. The maximum absolute atomic E-state index is 12.3. The first-order valence-electron chi connectivity index (χ1n) is 7.59. The number of urea groups is 1. The van der Waals surface area contributed by atoms with Crippen molar-refractivity contribution >= 4 is 23.4 Å². The number of anilines is 2. The average Bonchev–Trinajstić information content (AvgIpc) is 3.00. The third kappa shape index (κ3) is 3.29. The van der Waals surface area contributed by atoms with E-state index in [2.05, 4.69) is 15.4 Å². The van der Waals surface area contributed by atoms with Crippen molar-refractivity contribution in [2.75, 3.05) is 36.4 Å². The van der Waals surface area contributed by atoms with E-state index in [0.717, 1.165) is 0 Å². The van der Waals surface area contributed by atoms with Gasteiger partial charge < -0.3 is 20.9 Å². The molecule has 3 N–H and O–H groups in total. The van der Waals surface area contributed by atoms with Gasteiger partial charge in [0.25, 0.3) is 5.91 Å². The highest BCUT2D eigenvalue weighted by Gasteiger charge is 2.24. The standard InChI is InChI=1S/C15H19N7O2/c1-20-10-11(9-18-20)19-15(24)22-7-5-21(6-8-22)14-12(13(16)23)3-2-4-17-14/h2-4,9-10H,5-8H2,1H3,(H2,16,23)(H,19,24). The van der Waals surface area contributed by atoms with Crippen molar-refractivity contribution in [3.8, 4) is 0 Å². The van der Waals surface area contributed by atoms with E-state index in [1.54, 1.807) is 47.4 Å². The third-order valence-corrected chi connectivity index (χ3v) is 3.87. The van der Waals surface area contributed by atoms with E-state index in [1.807, 2.05) is 4.90 Å². The van der Waals surface area contributed by atoms with Gasteiger partial charge in [0.1, 0.15) is 5.82 Å². The van der Waals surface area contributed by atoms with Gasteiger partial charge in [-0.3, -0.25) is 9.48 Å². The molecule has 1 aliphatic rings. The fraction of sp³-hybridized carbons (Fsp3) is 0.333. The normalized spacial score (nSPS) is 14.5. The summed E-state index contributed by atoms with van der Waals surface area (Å²) in [6.07, 6.45) is 4.96. The third-order valence-electron chi connectivity index (χ3n) is 3.87. The lowest BCUT2D eigenvalue weighted by molar-refractivity contribution is 0.1000. The summed E-state index contributed by atoms with van der Waals surface area (Å²) in [5.41, 5.74) is 6.45. The number of piperazine rings is 1. The molecule has 0 unspecified atom stereocenters. The summed E-state index contributed by atoms with van der Waals surface area (Å²) in [5, 5.41) is 6.83. The second-order valence-corrected chi connectivity index (χ2v) is 5.55. The van der Waals surface area contributed by atoms with E-state index in [0.29, 0.717) is 43.2 Å². The largest absolute Gasteiger partial charge is 0.365 e. The molecular weight excluding hydrogens is 310 g/mol. The van der Waals surface area contributed by atoms with E-state index in [-0.39, 0.29) is 6.03 Å². The lowest BCUT2D eigenvalue weighted by Gasteiger charge is -2.35. The Hall–Kier alpha value is -3.10. The van der Waals surface area contributed by atoms with Crippen molar-refractivity contribution in [1.29, 1.82) is 0 Å². The maximum Gasteiger partial charge on any atom is 0.322 e. The molecule has 1 fully saturated rings. The van der Waals surface area contributed by atoms with Crippen LogP contribution in [0.5, 0.6) is 0 Å². The van der Waals surface area contributed by atoms with Gasteiger partial charge in [0.05, 0.1) is 17.4 Å². The number of hydrogen-bond acceptors (Lipinski definition) is 5. The van der Waals surface area contributed by atoms with Crippen LogP contribution in [0, 0.1) is 0 Å². The number of primary amides is 1. The molecule has 2 aromatic rings. The van der Waals surface area contributed by atoms with Crippen LogP contribution in [0.4, 0.5) is 16.3 Å². The first kappa shape index (κ1) is 15.8. The van der Waals surface area contributed by atoms with Crippen molar-refractivity contribution in [3.63, 3.8) is 0 Å². The predicted molar refractivity (Wildman–Crippen MR) is 88.8 cm³/mol.